The third kappa shape index (κ3) is 2.85. The van der Waals surface area contributed by atoms with Gasteiger partial charge >= 0.3 is 0 Å². The fraction of sp³-hybridized carbons (Fsp3) is 0.231. The summed E-state index contributed by atoms with van der Waals surface area (Å²) in [6.45, 7) is 2.31. The van der Waals surface area contributed by atoms with Crippen LogP contribution in [0.2, 0.25) is 0 Å². The van der Waals surface area contributed by atoms with Crippen LogP contribution in [0.4, 0.5) is 0 Å². The van der Waals surface area contributed by atoms with Crippen LogP contribution in [0.15, 0.2) is 28.8 Å². The van der Waals surface area contributed by atoms with Crippen LogP contribution in [-0.4, -0.2) is 16.7 Å². The number of benzene rings is 1. The van der Waals surface area contributed by atoms with Crippen LogP contribution in [0.5, 0.6) is 5.75 Å². The highest BCUT2D eigenvalue weighted by molar-refractivity contribution is 5.54. The number of hydrogen-bond acceptors (Lipinski definition) is 4. The number of hydrogen-bond donors (Lipinski definition) is 0. The standard InChI is InChI=1S/C13H12N2O2/c1-3-4-9-16-12-7-5-11(6-8-12)13-14-10(2)15-17-13/h1,5-8H,4,9H2,2H3. The Balaban J connectivity index is 2.05. The number of rotatable bonds is 4. The summed E-state index contributed by atoms with van der Waals surface area (Å²) in [5, 5.41) is 3.74. The first kappa shape index (κ1) is 11.2. The SMILES string of the molecule is C#CCCOc1ccc(-c2nc(C)no2)cc1. The number of terminal acetylenes is 1. The zero-order valence-electron chi connectivity index (χ0n) is 9.51. The molecule has 4 heteroatoms. The van der Waals surface area contributed by atoms with Crippen molar-refractivity contribution in [1.29, 1.82) is 0 Å². The molecule has 1 heterocycles. The maximum atomic E-state index is 5.43. The van der Waals surface area contributed by atoms with E-state index >= 15 is 0 Å². The van der Waals surface area contributed by atoms with Gasteiger partial charge in [0, 0.05) is 12.0 Å². The summed E-state index contributed by atoms with van der Waals surface area (Å²) in [6.07, 6.45) is 5.74. The molecular formula is C13H12N2O2. The molecule has 17 heavy (non-hydrogen) atoms. The number of nitrogens with zero attached hydrogens (tertiary/aromatic N) is 2. The van der Waals surface area contributed by atoms with Crippen molar-refractivity contribution in [2.75, 3.05) is 6.61 Å². The van der Waals surface area contributed by atoms with E-state index in [0.29, 0.717) is 24.7 Å². The van der Waals surface area contributed by atoms with Crippen LogP contribution in [0.25, 0.3) is 11.5 Å². The molecule has 1 aromatic carbocycles. The molecule has 0 amide bonds. The van der Waals surface area contributed by atoms with Gasteiger partial charge in [-0.3, -0.25) is 0 Å². The summed E-state index contributed by atoms with van der Waals surface area (Å²) in [5.41, 5.74) is 0.870. The van der Waals surface area contributed by atoms with Gasteiger partial charge in [-0.15, -0.1) is 12.3 Å². The lowest BCUT2D eigenvalue weighted by molar-refractivity contribution is 0.327. The number of aryl methyl sites for hydroxylation is 1. The van der Waals surface area contributed by atoms with Gasteiger partial charge in [0.2, 0.25) is 0 Å². The van der Waals surface area contributed by atoms with Crippen molar-refractivity contribution in [2.45, 2.75) is 13.3 Å². The van der Waals surface area contributed by atoms with E-state index in [1.807, 2.05) is 24.3 Å². The van der Waals surface area contributed by atoms with Gasteiger partial charge in [0.25, 0.3) is 5.89 Å². The van der Waals surface area contributed by atoms with Crippen LogP contribution < -0.4 is 4.74 Å². The summed E-state index contributed by atoms with van der Waals surface area (Å²) in [6, 6.07) is 7.45. The molecule has 0 aliphatic heterocycles. The molecule has 0 saturated carbocycles. The molecule has 0 bridgehead atoms. The van der Waals surface area contributed by atoms with Crippen LogP contribution >= 0.6 is 0 Å². The first-order valence-electron chi connectivity index (χ1n) is 5.26. The second kappa shape index (κ2) is 5.17. The Hall–Kier alpha value is -2.28. The summed E-state index contributed by atoms with van der Waals surface area (Å²) in [7, 11) is 0. The van der Waals surface area contributed by atoms with Gasteiger partial charge in [0.1, 0.15) is 5.75 Å². The second-order valence-corrected chi connectivity index (χ2v) is 3.47. The van der Waals surface area contributed by atoms with Crippen LogP contribution in [-0.2, 0) is 0 Å². The summed E-state index contributed by atoms with van der Waals surface area (Å²) >= 11 is 0. The molecular weight excluding hydrogens is 216 g/mol. The topological polar surface area (TPSA) is 48.2 Å². The van der Waals surface area contributed by atoms with Gasteiger partial charge in [-0.2, -0.15) is 4.98 Å². The maximum absolute atomic E-state index is 5.43. The van der Waals surface area contributed by atoms with E-state index in [2.05, 4.69) is 16.1 Å². The van der Waals surface area contributed by atoms with Crippen molar-refractivity contribution in [1.82, 2.24) is 10.1 Å². The summed E-state index contributed by atoms with van der Waals surface area (Å²) in [4.78, 5) is 4.14. The number of aromatic nitrogens is 2. The monoisotopic (exact) mass is 228 g/mol. The lowest BCUT2D eigenvalue weighted by atomic mass is 10.2. The lowest BCUT2D eigenvalue weighted by Crippen LogP contribution is -1.95. The van der Waals surface area contributed by atoms with Crippen molar-refractivity contribution < 1.29 is 9.26 Å². The predicted molar refractivity (Wildman–Crippen MR) is 63.4 cm³/mol. The Labute approximate surface area is 99.6 Å². The molecule has 0 N–H and O–H groups in total. The minimum atomic E-state index is 0.512. The van der Waals surface area contributed by atoms with Crippen LogP contribution in [0.3, 0.4) is 0 Å². The van der Waals surface area contributed by atoms with Gasteiger partial charge in [-0.25, -0.2) is 0 Å². The lowest BCUT2D eigenvalue weighted by Gasteiger charge is -2.03. The first-order valence-corrected chi connectivity index (χ1v) is 5.26. The minimum absolute atomic E-state index is 0.512. The van der Waals surface area contributed by atoms with Gasteiger partial charge < -0.3 is 9.26 Å². The fourth-order valence-corrected chi connectivity index (χ4v) is 1.34. The summed E-state index contributed by atoms with van der Waals surface area (Å²) < 4.78 is 10.5. The average molecular weight is 228 g/mol. The molecule has 1 aromatic heterocycles. The molecule has 0 aliphatic rings. The second-order valence-electron chi connectivity index (χ2n) is 3.47. The number of ether oxygens (including phenoxy) is 1. The Kier molecular flexibility index (Phi) is 3.41. The third-order valence-electron chi connectivity index (χ3n) is 2.14. The molecule has 0 fully saturated rings. The zero-order valence-corrected chi connectivity index (χ0v) is 9.51. The maximum Gasteiger partial charge on any atom is 0.257 e. The highest BCUT2D eigenvalue weighted by Crippen LogP contribution is 2.20. The molecule has 0 aliphatic carbocycles. The van der Waals surface area contributed by atoms with E-state index in [1.165, 1.54) is 0 Å². The largest absolute Gasteiger partial charge is 0.493 e. The quantitative estimate of drug-likeness (QED) is 0.595. The van der Waals surface area contributed by atoms with Gasteiger partial charge in [0.15, 0.2) is 5.82 Å². The van der Waals surface area contributed by atoms with Crippen molar-refractivity contribution in [2.24, 2.45) is 0 Å². The molecule has 2 rings (SSSR count). The van der Waals surface area contributed by atoms with E-state index in [9.17, 15) is 0 Å². The average Bonchev–Trinajstić information content (AvgIpc) is 2.77. The van der Waals surface area contributed by atoms with E-state index in [4.69, 9.17) is 15.7 Å². The summed E-state index contributed by atoms with van der Waals surface area (Å²) in [5.74, 6) is 4.43. The van der Waals surface area contributed by atoms with E-state index in [1.54, 1.807) is 6.92 Å². The fourth-order valence-electron chi connectivity index (χ4n) is 1.34. The highest BCUT2D eigenvalue weighted by Gasteiger charge is 2.05. The Bertz CT molecular complexity index is 523. The van der Waals surface area contributed by atoms with Crippen LogP contribution in [0.1, 0.15) is 12.2 Å². The molecule has 86 valence electrons. The molecule has 0 saturated heterocycles. The van der Waals surface area contributed by atoms with E-state index < -0.39 is 0 Å². The Morgan fingerprint density at radius 1 is 1.35 bits per heavy atom. The molecule has 0 radical (unpaired) electrons. The van der Waals surface area contributed by atoms with E-state index in [-0.39, 0.29) is 0 Å². The Morgan fingerprint density at radius 3 is 2.71 bits per heavy atom. The van der Waals surface area contributed by atoms with Gasteiger partial charge in [-0.1, -0.05) is 5.16 Å². The van der Waals surface area contributed by atoms with Crippen molar-refractivity contribution in [3.05, 3.63) is 30.1 Å². The molecule has 0 unspecified atom stereocenters. The van der Waals surface area contributed by atoms with Crippen molar-refractivity contribution in [3.8, 4) is 29.5 Å². The Morgan fingerprint density at radius 2 is 2.12 bits per heavy atom. The minimum Gasteiger partial charge on any atom is -0.493 e. The molecule has 0 atom stereocenters. The predicted octanol–water partition coefficient (Wildman–Crippen LogP) is 2.45. The molecule has 2 aromatic rings. The van der Waals surface area contributed by atoms with Crippen molar-refractivity contribution >= 4 is 0 Å². The van der Waals surface area contributed by atoms with Crippen molar-refractivity contribution in [3.63, 3.8) is 0 Å². The third-order valence-corrected chi connectivity index (χ3v) is 2.14. The zero-order chi connectivity index (χ0) is 12.1. The van der Waals surface area contributed by atoms with Gasteiger partial charge in [-0.05, 0) is 31.2 Å². The normalized spacial score (nSPS) is 9.88. The van der Waals surface area contributed by atoms with Crippen LogP contribution in [0, 0.1) is 19.3 Å². The first-order chi connectivity index (χ1) is 8.29. The van der Waals surface area contributed by atoms with E-state index in [0.717, 1.165) is 11.3 Å². The highest BCUT2D eigenvalue weighted by atomic mass is 16.5. The smallest absolute Gasteiger partial charge is 0.257 e. The molecule has 0 spiro atoms. The van der Waals surface area contributed by atoms with Gasteiger partial charge in [0.05, 0.1) is 6.61 Å². The molecule has 4 nitrogen and oxygen atoms in total.